The largest absolute Gasteiger partial charge is 0.454 e. The highest BCUT2D eigenvalue weighted by atomic mass is 32.2. The van der Waals surface area contributed by atoms with Crippen LogP contribution in [0.2, 0.25) is 0 Å². The zero-order chi connectivity index (χ0) is 23.0. The van der Waals surface area contributed by atoms with E-state index in [4.69, 9.17) is 9.47 Å². The number of pyridine rings is 1. The first-order valence-electron chi connectivity index (χ1n) is 10.5. The topological polar surface area (TPSA) is 102 Å². The number of unbranched alkanes of at least 4 members (excludes halogenated alkanes) is 1. The van der Waals surface area contributed by atoms with Crippen LogP contribution in [0.15, 0.2) is 46.9 Å². The van der Waals surface area contributed by atoms with Crippen molar-refractivity contribution < 1.29 is 19.1 Å². The Morgan fingerprint density at radius 1 is 1.18 bits per heavy atom. The third kappa shape index (κ3) is 6.45. The summed E-state index contributed by atoms with van der Waals surface area (Å²) in [6.45, 7) is 2.75. The van der Waals surface area contributed by atoms with E-state index < -0.39 is 0 Å². The summed E-state index contributed by atoms with van der Waals surface area (Å²) in [6, 6.07) is 8.67. The predicted molar refractivity (Wildman–Crippen MR) is 128 cm³/mol. The number of carbonyl (C=O) groups is 2. The molecule has 10 heteroatoms. The summed E-state index contributed by atoms with van der Waals surface area (Å²) in [5.74, 6) is 0.995. The number of fused-ring (bicyclic) bond motifs is 1. The van der Waals surface area contributed by atoms with Crippen LogP contribution in [-0.2, 0) is 11.2 Å². The molecule has 172 valence electrons. The van der Waals surface area contributed by atoms with Gasteiger partial charge >= 0.3 is 0 Å². The lowest BCUT2D eigenvalue weighted by Gasteiger charge is -2.09. The van der Waals surface area contributed by atoms with Crippen molar-refractivity contribution in [1.29, 1.82) is 0 Å². The SMILES string of the molecule is Cc1csc(CCCCNC(=O)c2cccnc2SCC(=O)Nc2ccc3c(c2)OCO3)n1. The van der Waals surface area contributed by atoms with Gasteiger partial charge in [0.25, 0.3) is 5.91 Å². The number of benzene rings is 1. The van der Waals surface area contributed by atoms with Crippen LogP contribution in [-0.4, -0.2) is 40.9 Å². The van der Waals surface area contributed by atoms with Crippen molar-refractivity contribution in [3.8, 4) is 11.5 Å². The molecule has 0 fully saturated rings. The van der Waals surface area contributed by atoms with Crippen molar-refractivity contribution in [2.24, 2.45) is 0 Å². The second kappa shape index (κ2) is 11.2. The van der Waals surface area contributed by atoms with Gasteiger partial charge in [-0.05, 0) is 50.5 Å². The summed E-state index contributed by atoms with van der Waals surface area (Å²) >= 11 is 2.90. The summed E-state index contributed by atoms with van der Waals surface area (Å²) in [7, 11) is 0. The molecule has 0 saturated heterocycles. The van der Waals surface area contributed by atoms with Crippen LogP contribution in [0.25, 0.3) is 0 Å². The molecule has 0 aliphatic carbocycles. The minimum atomic E-state index is -0.201. The first-order chi connectivity index (χ1) is 16.1. The summed E-state index contributed by atoms with van der Waals surface area (Å²) in [4.78, 5) is 33.8. The van der Waals surface area contributed by atoms with E-state index in [-0.39, 0.29) is 24.4 Å². The molecule has 8 nitrogen and oxygen atoms in total. The predicted octanol–water partition coefficient (Wildman–Crippen LogP) is 4.06. The fraction of sp³-hybridized carbons (Fsp3) is 0.304. The second-order valence-electron chi connectivity index (χ2n) is 7.36. The maximum Gasteiger partial charge on any atom is 0.254 e. The van der Waals surface area contributed by atoms with Gasteiger partial charge in [0.05, 0.1) is 16.3 Å². The van der Waals surface area contributed by atoms with E-state index in [1.165, 1.54) is 11.8 Å². The lowest BCUT2D eigenvalue weighted by molar-refractivity contribution is -0.113. The highest BCUT2D eigenvalue weighted by molar-refractivity contribution is 8.00. The average molecular weight is 485 g/mol. The third-order valence-electron chi connectivity index (χ3n) is 4.78. The Labute approximate surface area is 200 Å². The maximum absolute atomic E-state index is 12.6. The molecule has 3 heterocycles. The van der Waals surface area contributed by atoms with Gasteiger partial charge in [-0.15, -0.1) is 11.3 Å². The normalized spacial score (nSPS) is 11.9. The Bertz CT molecular complexity index is 1140. The number of nitrogens with zero attached hydrogens (tertiary/aromatic N) is 2. The number of hydrogen-bond acceptors (Lipinski definition) is 8. The number of ether oxygens (including phenoxy) is 2. The van der Waals surface area contributed by atoms with E-state index in [0.717, 1.165) is 30.0 Å². The van der Waals surface area contributed by atoms with Gasteiger partial charge in [-0.3, -0.25) is 9.59 Å². The van der Waals surface area contributed by atoms with E-state index >= 15 is 0 Å². The van der Waals surface area contributed by atoms with Crippen molar-refractivity contribution in [3.05, 3.63) is 58.2 Å². The Morgan fingerprint density at radius 3 is 2.91 bits per heavy atom. The van der Waals surface area contributed by atoms with E-state index in [2.05, 4.69) is 20.6 Å². The molecule has 2 aromatic heterocycles. The van der Waals surface area contributed by atoms with Crippen LogP contribution in [0.4, 0.5) is 5.69 Å². The molecule has 2 amide bonds. The molecule has 0 bridgehead atoms. The molecule has 1 aliphatic rings. The van der Waals surface area contributed by atoms with E-state index in [1.807, 2.05) is 12.3 Å². The van der Waals surface area contributed by atoms with Crippen molar-refractivity contribution in [1.82, 2.24) is 15.3 Å². The maximum atomic E-state index is 12.6. The van der Waals surface area contributed by atoms with Gasteiger partial charge in [0.15, 0.2) is 11.5 Å². The van der Waals surface area contributed by atoms with Crippen molar-refractivity contribution in [3.63, 3.8) is 0 Å². The Morgan fingerprint density at radius 2 is 2.06 bits per heavy atom. The average Bonchev–Trinajstić information content (AvgIpc) is 3.45. The zero-order valence-electron chi connectivity index (χ0n) is 18.1. The first-order valence-corrected chi connectivity index (χ1v) is 12.4. The fourth-order valence-electron chi connectivity index (χ4n) is 3.20. The summed E-state index contributed by atoms with van der Waals surface area (Å²) < 4.78 is 10.6. The molecule has 33 heavy (non-hydrogen) atoms. The number of nitrogens with one attached hydrogen (secondary N) is 2. The van der Waals surface area contributed by atoms with Gasteiger partial charge in [0, 0.05) is 35.6 Å². The fourth-order valence-corrected chi connectivity index (χ4v) is 4.81. The quantitative estimate of drug-likeness (QED) is 0.330. The number of aryl methyl sites for hydroxylation is 2. The number of aromatic nitrogens is 2. The molecular weight excluding hydrogens is 460 g/mol. The van der Waals surface area contributed by atoms with Gasteiger partial charge in [0.1, 0.15) is 5.03 Å². The van der Waals surface area contributed by atoms with Gasteiger partial charge in [0.2, 0.25) is 12.7 Å². The molecule has 0 radical (unpaired) electrons. The molecule has 0 spiro atoms. The Balaban J connectivity index is 1.23. The number of thioether (sulfide) groups is 1. The minimum Gasteiger partial charge on any atom is -0.454 e. The highest BCUT2D eigenvalue weighted by Crippen LogP contribution is 2.34. The van der Waals surface area contributed by atoms with Crippen LogP contribution in [0.1, 0.15) is 33.9 Å². The van der Waals surface area contributed by atoms with Gasteiger partial charge in [-0.1, -0.05) is 11.8 Å². The number of thiazole rings is 1. The van der Waals surface area contributed by atoms with Crippen molar-refractivity contribution >= 4 is 40.6 Å². The van der Waals surface area contributed by atoms with Crippen LogP contribution in [0, 0.1) is 6.92 Å². The Hall–Kier alpha value is -3.11. The lowest BCUT2D eigenvalue weighted by Crippen LogP contribution is -2.25. The number of carbonyl (C=O) groups excluding carboxylic acids is 2. The molecule has 0 saturated carbocycles. The van der Waals surface area contributed by atoms with Gasteiger partial charge in [-0.25, -0.2) is 9.97 Å². The van der Waals surface area contributed by atoms with Crippen LogP contribution in [0.5, 0.6) is 11.5 Å². The smallest absolute Gasteiger partial charge is 0.254 e. The lowest BCUT2D eigenvalue weighted by atomic mass is 10.2. The summed E-state index contributed by atoms with van der Waals surface area (Å²) in [6.07, 6.45) is 4.36. The monoisotopic (exact) mass is 484 g/mol. The molecule has 2 N–H and O–H groups in total. The van der Waals surface area contributed by atoms with Crippen LogP contribution in [0.3, 0.4) is 0 Å². The zero-order valence-corrected chi connectivity index (χ0v) is 19.8. The molecule has 3 aromatic rings. The first kappa shape index (κ1) is 23.1. The van der Waals surface area contributed by atoms with Crippen LogP contribution < -0.4 is 20.1 Å². The second-order valence-corrected chi connectivity index (χ2v) is 9.26. The number of rotatable bonds is 10. The molecule has 0 atom stereocenters. The number of anilines is 1. The summed E-state index contributed by atoms with van der Waals surface area (Å²) in [5.41, 5.74) is 2.14. The molecule has 4 rings (SSSR count). The third-order valence-corrected chi connectivity index (χ3v) is 6.81. The number of amides is 2. The Kier molecular flexibility index (Phi) is 7.79. The van der Waals surface area contributed by atoms with Gasteiger partial charge < -0.3 is 20.1 Å². The highest BCUT2D eigenvalue weighted by Gasteiger charge is 2.16. The van der Waals surface area contributed by atoms with Crippen molar-refractivity contribution in [2.45, 2.75) is 31.2 Å². The molecule has 0 unspecified atom stereocenters. The number of hydrogen-bond donors (Lipinski definition) is 2. The van der Waals surface area contributed by atoms with E-state index in [9.17, 15) is 9.59 Å². The van der Waals surface area contributed by atoms with Crippen LogP contribution >= 0.6 is 23.1 Å². The van der Waals surface area contributed by atoms with Gasteiger partial charge in [-0.2, -0.15) is 0 Å². The molecule has 1 aromatic carbocycles. The van der Waals surface area contributed by atoms with E-state index in [1.54, 1.807) is 47.9 Å². The molecule has 1 aliphatic heterocycles. The standard InChI is InChI=1S/C23H24N4O4S2/c1-15-12-32-21(26-15)6-2-3-9-24-22(29)17-5-4-10-25-23(17)33-13-20(28)27-16-7-8-18-19(11-16)31-14-30-18/h4-5,7-8,10-12H,2-3,6,9,13-14H2,1H3,(H,24,29)(H,27,28). The molecular formula is C23H24N4O4S2. The van der Waals surface area contributed by atoms with E-state index in [0.29, 0.717) is 34.3 Å². The van der Waals surface area contributed by atoms with Crippen molar-refractivity contribution in [2.75, 3.05) is 24.4 Å². The minimum absolute atomic E-state index is 0.124. The summed E-state index contributed by atoms with van der Waals surface area (Å²) in [5, 5.41) is 9.47.